The molecule has 1 aliphatic heterocycles. The van der Waals surface area contributed by atoms with Gasteiger partial charge in [0.1, 0.15) is 0 Å². The Balaban J connectivity index is 1.73. The molecule has 2 fully saturated rings. The third kappa shape index (κ3) is 3.20. The number of nitrogens with zero attached hydrogens (tertiary/aromatic N) is 2. The highest BCUT2D eigenvalue weighted by Gasteiger charge is 2.37. The maximum Gasteiger partial charge on any atom is 0.226 e. The van der Waals surface area contributed by atoms with E-state index in [-0.39, 0.29) is 18.4 Å². The molecule has 1 saturated carbocycles. The van der Waals surface area contributed by atoms with Crippen LogP contribution in [0.4, 0.5) is 0 Å². The number of aromatic nitrogens is 1. The minimum absolute atomic E-state index is 0.0477. The van der Waals surface area contributed by atoms with Gasteiger partial charge in [0.05, 0.1) is 31.3 Å². The summed E-state index contributed by atoms with van der Waals surface area (Å²) in [4.78, 5) is 14.7. The number of aliphatic hydroxyl groups is 1. The smallest absolute Gasteiger partial charge is 0.226 e. The summed E-state index contributed by atoms with van der Waals surface area (Å²) in [6.45, 7) is 1.71. The SMILES string of the molecule is Cn1cccc1C1COCCN1C(=O)CC1(O)CCCCC1. The van der Waals surface area contributed by atoms with Gasteiger partial charge in [-0.2, -0.15) is 0 Å². The zero-order valence-electron chi connectivity index (χ0n) is 13.3. The highest BCUT2D eigenvalue weighted by molar-refractivity contribution is 5.78. The van der Waals surface area contributed by atoms with Crippen LogP contribution in [0.5, 0.6) is 0 Å². The Morgan fingerprint density at radius 3 is 2.86 bits per heavy atom. The molecule has 1 N–H and O–H groups in total. The van der Waals surface area contributed by atoms with Gasteiger partial charge < -0.3 is 19.3 Å². The van der Waals surface area contributed by atoms with E-state index in [4.69, 9.17) is 4.74 Å². The molecular formula is C17H26N2O3. The number of aryl methyl sites for hydroxylation is 1. The molecule has 5 nitrogen and oxygen atoms in total. The molecule has 0 bridgehead atoms. The lowest BCUT2D eigenvalue weighted by Gasteiger charge is -2.39. The molecule has 3 rings (SSSR count). The number of hydrogen-bond donors (Lipinski definition) is 1. The number of carbonyl (C=O) groups is 1. The zero-order valence-corrected chi connectivity index (χ0v) is 13.3. The average molecular weight is 306 g/mol. The number of ether oxygens (including phenoxy) is 1. The number of amides is 1. The predicted octanol–water partition coefficient (Wildman–Crippen LogP) is 2.01. The summed E-state index contributed by atoms with van der Waals surface area (Å²) in [5.41, 5.74) is 0.288. The van der Waals surface area contributed by atoms with Gasteiger partial charge in [-0.15, -0.1) is 0 Å². The van der Waals surface area contributed by atoms with Crippen LogP contribution in [0.1, 0.15) is 50.3 Å². The first kappa shape index (κ1) is 15.6. The molecule has 1 aliphatic carbocycles. The second-order valence-electron chi connectivity index (χ2n) is 6.68. The molecule has 1 saturated heterocycles. The van der Waals surface area contributed by atoms with E-state index in [0.29, 0.717) is 19.8 Å². The molecule has 1 aromatic rings. The molecule has 22 heavy (non-hydrogen) atoms. The molecule has 2 heterocycles. The molecule has 122 valence electrons. The summed E-state index contributed by atoms with van der Waals surface area (Å²) < 4.78 is 7.62. The largest absolute Gasteiger partial charge is 0.389 e. The van der Waals surface area contributed by atoms with Crippen molar-refractivity contribution in [1.29, 1.82) is 0 Å². The van der Waals surface area contributed by atoms with E-state index < -0.39 is 5.60 Å². The van der Waals surface area contributed by atoms with Crippen molar-refractivity contribution in [3.05, 3.63) is 24.0 Å². The van der Waals surface area contributed by atoms with E-state index in [2.05, 4.69) is 0 Å². The fourth-order valence-electron chi connectivity index (χ4n) is 3.74. The van der Waals surface area contributed by atoms with E-state index in [0.717, 1.165) is 31.4 Å². The van der Waals surface area contributed by atoms with Crippen LogP contribution in [0.3, 0.4) is 0 Å². The van der Waals surface area contributed by atoms with Gasteiger partial charge in [0.2, 0.25) is 5.91 Å². The Hall–Kier alpha value is -1.33. The van der Waals surface area contributed by atoms with Gasteiger partial charge >= 0.3 is 0 Å². The Morgan fingerprint density at radius 2 is 2.18 bits per heavy atom. The van der Waals surface area contributed by atoms with Crippen molar-refractivity contribution in [2.75, 3.05) is 19.8 Å². The topological polar surface area (TPSA) is 54.7 Å². The summed E-state index contributed by atoms with van der Waals surface area (Å²) in [5, 5.41) is 10.7. The van der Waals surface area contributed by atoms with Crippen LogP contribution >= 0.6 is 0 Å². The van der Waals surface area contributed by atoms with Crippen LogP contribution in [0, 0.1) is 0 Å². The minimum Gasteiger partial charge on any atom is -0.389 e. The maximum absolute atomic E-state index is 12.8. The molecule has 1 unspecified atom stereocenters. The minimum atomic E-state index is -0.799. The molecule has 0 spiro atoms. The summed E-state index contributed by atoms with van der Waals surface area (Å²) >= 11 is 0. The summed E-state index contributed by atoms with van der Waals surface area (Å²) in [7, 11) is 1.99. The lowest BCUT2D eigenvalue weighted by molar-refractivity contribution is -0.146. The van der Waals surface area contributed by atoms with Crippen molar-refractivity contribution in [2.45, 2.75) is 50.2 Å². The standard InChI is InChI=1S/C17H26N2O3/c1-18-9-5-6-14(18)15-13-22-11-10-19(15)16(20)12-17(21)7-3-2-4-8-17/h5-6,9,15,21H,2-4,7-8,10-13H2,1H3. The number of carbonyl (C=O) groups excluding carboxylic acids is 1. The van der Waals surface area contributed by atoms with Crippen LogP contribution in [0.2, 0.25) is 0 Å². The number of morpholine rings is 1. The van der Waals surface area contributed by atoms with E-state index >= 15 is 0 Å². The van der Waals surface area contributed by atoms with Crippen LogP contribution in [-0.2, 0) is 16.6 Å². The number of hydrogen-bond acceptors (Lipinski definition) is 3. The molecule has 5 heteroatoms. The highest BCUT2D eigenvalue weighted by Crippen LogP contribution is 2.33. The Labute approximate surface area is 131 Å². The van der Waals surface area contributed by atoms with E-state index in [1.165, 1.54) is 6.42 Å². The molecule has 1 amide bonds. The average Bonchev–Trinajstić information content (AvgIpc) is 2.93. The Kier molecular flexibility index (Phi) is 4.54. The number of rotatable bonds is 3. The molecule has 0 aromatic carbocycles. The van der Waals surface area contributed by atoms with E-state index in [9.17, 15) is 9.90 Å². The van der Waals surface area contributed by atoms with Crippen LogP contribution < -0.4 is 0 Å². The molecule has 1 aromatic heterocycles. The lowest BCUT2D eigenvalue weighted by atomic mass is 9.82. The summed E-state index contributed by atoms with van der Waals surface area (Å²) in [5.74, 6) is 0.0545. The Bertz CT molecular complexity index is 520. The van der Waals surface area contributed by atoms with Crippen molar-refractivity contribution in [3.63, 3.8) is 0 Å². The van der Waals surface area contributed by atoms with Gasteiger partial charge in [-0.05, 0) is 25.0 Å². The summed E-state index contributed by atoms with van der Waals surface area (Å²) in [6.07, 6.45) is 6.94. The molecule has 1 atom stereocenters. The van der Waals surface area contributed by atoms with Crippen LogP contribution in [-0.4, -0.2) is 45.8 Å². The van der Waals surface area contributed by atoms with E-state index in [1.807, 2.05) is 34.8 Å². The van der Waals surface area contributed by atoms with Gasteiger partial charge in [0.25, 0.3) is 0 Å². The van der Waals surface area contributed by atoms with Crippen molar-refractivity contribution < 1.29 is 14.6 Å². The van der Waals surface area contributed by atoms with Crippen LogP contribution in [0.15, 0.2) is 18.3 Å². The molecule has 0 radical (unpaired) electrons. The normalized spacial score (nSPS) is 25.2. The fourth-order valence-corrected chi connectivity index (χ4v) is 3.74. The van der Waals surface area contributed by atoms with Gasteiger partial charge in [-0.25, -0.2) is 0 Å². The maximum atomic E-state index is 12.8. The second-order valence-corrected chi connectivity index (χ2v) is 6.68. The lowest BCUT2D eigenvalue weighted by Crippen LogP contribution is -2.47. The third-order valence-corrected chi connectivity index (χ3v) is 5.04. The van der Waals surface area contributed by atoms with E-state index in [1.54, 1.807) is 0 Å². The third-order valence-electron chi connectivity index (χ3n) is 5.04. The van der Waals surface area contributed by atoms with Gasteiger partial charge in [-0.1, -0.05) is 19.3 Å². The monoisotopic (exact) mass is 306 g/mol. The van der Waals surface area contributed by atoms with Crippen molar-refractivity contribution in [1.82, 2.24) is 9.47 Å². The van der Waals surface area contributed by atoms with Crippen LogP contribution in [0.25, 0.3) is 0 Å². The first-order valence-corrected chi connectivity index (χ1v) is 8.30. The first-order valence-electron chi connectivity index (χ1n) is 8.30. The van der Waals surface area contributed by atoms with Crippen molar-refractivity contribution in [2.24, 2.45) is 7.05 Å². The highest BCUT2D eigenvalue weighted by atomic mass is 16.5. The second kappa shape index (κ2) is 6.42. The van der Waals surface area contributed by atoms with Crippen molar-refractivity contribution in [3.8, 4) is 0 Å². The van der Waals surface area contributed by atoms with Gasteiger partial charge in [0, 0.05) is 25.5 Å². The van der Waals surface area contributed by atoms with Gasteiger partial charge in [0.15, 0.2) is 0 Å². The fraction of sp³-hybridized carbons (Fsp3) is 0.706. The quantitative estimate of drug-likeness (QED) is 0.929. The van der Waals surface area contributed by atoms with Crippen molar-refractivity contribution >= 4 is 5.91 Å². The Morgan fingerprint density at radius 1 is 1.41 bits per heavy atom. The zero-order chi connectivity index (χ0) is 15.6. The summed E-state index contributed by atoms with van der Waals surface area (Å²) in [6, 6.07) is 3.98. The predicted molar refractivity (Wildman–Crippen MR) is 83.3 cm³/mol. The molecular weight excluding hydrogens is 280 g/mol. The van der Waals surface area contributed by atoms with Gasteiger partial charge in [-0.3, -0.25) is 4.79 Å². The first-order chi connectivity index (χ1) is 10.6. The molecule has 2 aliphatic rings.